The van der Waals surface area contributed by atoms with Crippen molar-refractivity contribution in [3.05, 3.63) is 48.9 Å². The molecular formula is C26H31N9O. The Balaban J connectivity index is 1.22. The average Bonchev–Trinajstić information content (AvgIpc) is 3.42. The summed E-state index contributed by atoms with van der Waals surface area (Å²) in [5.74, 6) is 2.12. The zero-order chi connectivity index (χ0) is 24.3. The number of nitrogens with zero attached hydrogens (tertiary/aromatic N) is 6. The molecule has 1 aromatic carbocycles. The summed E-state index contributed by atoms with van der Waals surface area (Å²) in [7, 11) is 0. The van der Waals surface area contributed by atoms with Crippen LogP contribution in [0.5, 0.6) is 0 Å². The number of nitrogens with one attached hydrogen (secondary N) is 2. The third kappa shape index (κ3) is 4.69. The second-order valence-corrected chi connectivity index (χ2v) is 9.34. The van der Waals surface area contributed by atoms with Gasteiger partial charge in [-0.25, -0.2) is 15.0 Å². The minimum atomic E-state index is 0.508. The number of benzene rings is 1. The average molecular weight is 486 g/mol. The number of piperidine rings is 1. The number of H-pyrrole nitrogens is 1. The lowest BCUT2D eigenvalue weighted by Gasteiger charge is -2.32. The summed E-state index contributed by atoms with van der Waals surface area (Å²) in [6, 6.07) is 12.5. The molecule has 4 aromatic rings. The number of rotatable bonds is 6. The summed E-state index contributed by atoms with van der Waals surface area (Å²) in [5.41, 5.74) is 11.0. The topological polar surface area (TPSA) is 121 Å². The molecule has 2 saturated heterocycles. The van der Waals surface area contributed by atoms with E-state index in [1.165, 1.54) is 5.69 Å². The van der Waals surface area contributed by atoms with Gasteiger partial charge in [-0.05, 0) is 61.7 Å². The summed E-state index contributed by atoms with van der Waals surface area (Å²) in [4.78, 5) is 26.4. The number of fused-ring (bicyclic) bond motifs is 1. The summed E-state index contributed by atoms with van der Waals surface area (Å²) in [6.45, 7) is 6.10. The molecule has 36 heavy (non-hydrogen) atoms. The molecule has 2 aliphatic heterocycles. The molecule has 186 valence electrons. The zero-order valence-electron chi connectivity index (χ0n) is 20.2. The fourth-order valence-corrected chi connectivity index (χ4v) is 4.91. The highest BCUT2D eigenvalue weighted by atomic mass is 16.5. The second kappa shape index (κ2) is 10.1. The lowest BCUT2D eigenvalue weighted by atomic mass is 9.97. The van der Waals surface area contributed by atoms with E-state index in [0.29, 0.717) is 17.5 Å². The van der Waals surface area contributed by atoms with Gasteiger partial charge in [-0.3, -0.25) is 0 Å². The Kier molecular flexibility index (Phi) is 6.35. The van der Waals surface area contributed by atoms with Gasteiger partial charge in [0.25, 0.3) is 0 Å². The largest absolute Gasteiger partial charge is 0.378 e. The van der Waals surface area contributed by atoms with Crippen molar-refractivity contribution >= 4 is 34.3 Å². The predicted molar refractivity (Wildman–Crippen MR) is 142 cm³/mol. The highest BCUT2D eigenvalue weighted by Crippen LogP contribution is 2.29. The van der Waals surface area contributed by atoms with Crippen LogP contribution in [0, 0.1) is 5.92 Å². The van der Waals surface area contributed by atoms with E-state index in [0.717, 1.165) is 87.1 Å². The number of imidazole rings is 1. The molecule has 0 atom stereocenters. The van der Waals surface area contributed by atoms with Gasteiger partial charge in [0.05, 0.1) is 19.5 Å². The summed E-state index contributed by atoms with van der Waals surface area (Å²) >= 11 is 0. The zero-order valence-corrected chi connectivity index (χ0v) is 20.2. The van der Waals surface area contributed by atoms with Gasteiger partial charge in [0.2, 0.25) is 5.95 Å². The molecule has 0 radical (unpaired) electrons. The quantitative estimate of drug-likeness (QED) is 0.378. The van der Waals surface area contributed by atoms with Crippen molar-refractivity contribution in [2.75, 3.05) is 61.1 Å². The third-order valence-corrected chi connectivity index (χ3v) is 7.07. The van der Waals surface area contributed by atoms with Crippen LogP contribution in [0.15, 0.2) is 48.9 Å². The van der Waals surface area contributed by atoms with Crippen LogP contribution in [-0.2, 0) is 4.74 Å². The lowest BCUT2D eigenvalue weighted by Crippen LogP contribution is -2.36. The molecule has 0 bridgehead atoms. The first kappa shape index (κ1) is 22.7. The van der Waals surface area contributed by atoms with Crippen LogP contribution in [0.25, 0.3) is 22.4 Å². The fourth-order valence-electron chi connectivity index (χ4n) is 4.91. The Morgan fingerprint density at radius 3 is 2.47 bits per heavy atom. The molecule has 4 N–H and O–H groups in total. The van der Waals surface area contributed by atoms with Gasteiger partial charge in [-0.15, -0.1) is 0 Å². The number of aromatic nitrogens is 5. The Bertz CT molecular complexity index is 1290. The molecule has 0 spiro atoms. The highest BCUT2D eigenvalue weighted by Gasteiger charge is 2.20. The molecule has 0 amide bonds. The summed E-state index contributed by atoms with van der Waals surface area (Å²) < 4.78 is 5.46. The molecular weight excluding hydrogens is 454 g/mol. The van der Waals surface area contributed by atoms with Crippen LogP contribution in [0.3, 0.4) is 0 Å². The van der Waals surface area contributed by atoms with Crippen molar-refractivity contribution < 1.29 is 4.74 Å². The van der Waals surface area contributed by atoms with Crippen LogP contribution in [0.1, 0.15) is 12.8 Å². The molecule has 0 aliphatic carbocycles. The number of pyridine rings is 1. The van der Waals surface area contributed by atoms with Crippen molar-refractivity contribution in [3.63, 3.8) is 0 Å². The van der Waals surface area contributed by atoms with E-state index in [9.17, 15) is 0 Å². The molecule has 0 unspecified atom stereocenters. The van der Waals surface area contributed by atoms with E-state index in [2.05, 4.69) is 66.5 Å². The highest BCUT2D eigenvalue weighted by molar-refractivity contribution is 5.88. The van der Waals surface area contributed by atoms with E-state index in [4.69, 9.17) is 20.4 Å². The van der Waals surface area contributed by atoms with Gasteiger partial charge in [0.1, 0.15) is 17.0 Å². The van der Waals surface area contributed by atoms with E-state index in [1.54, 1.807) is 6.33 Å². The van der Waals surface area contributed by atoms with Gasteiger partial charge >= 0.3 is 0 Å². The number of nitrogens with two attached hydrogens (primary N) is 1. The Hall–Kier alpha value is -3.76. The van der Waals surface area contributed by atoms with Crippen LogP contribution >= 0.6 is 0 Å². The summed E-state index contributed by atoms with van der Waals surface area (Å²) in [5, 5.41) is 3.35. The van der Waals surface area contributed by atoms with Gasteiger partial charge in [0.15, 0.2) is 5.65 Å². The van der Waals surface area contributed by atoms with E-state index < -0.39 is 0 Å². The van der Waals surface area contributed by atoms with Gasteiger partial charge in [-0.1, -0.05) is 0 Å². The minimum Gasteiger partial charge on any atom is -0.378 e. The smallest absolute Gasteiger partial charge is 0.229 e. The number of aromatic amines is 1. The number of morpholine rings is 1. The molecule has 3 aromatic heterocycles. The maximum Gasteiger partial charge on any atom is 0.229 e. The monoisotopic (exact) mass is 485 g/mol. The van der Waals surface area contributed by atoms with Gasteiger partial charge in [0, 0.05) is 49.3 Å². The van der Waals surface area contributed by atoms with E-state index in [-0.39, 0.29) is 0 Å². The van der Waals surface area contributed by atoms with Crippen LogP contribution in [-0.4, -0.2) is 70.9 Å². The Morgan fingerprint density at radius 1 is 0.944 bits per heavy atom. The maximum atomic E-state index is 5.84. The number of ether oxygens (including phenoxy) is 1. The molecule has 0 saturated carbocycles. The first-order chi connectivity index (χ1) is 17.8. The maximum absolute atomic E-state index is 5.84. The van der Waals surface area contributed by atoms with Gasteiger partial charge in [-0.2, -0.15) is 4.98 Å². The standard InChI is InChI=1S/C26H31N9O/c27-15-18-7-9-35(10-8-18)22-6-1-19(16-28-22)23-24-25(30-17-29-24)33-26(32-23)31-20-2-4-21(5-3-20)34-11-13-36-14-12-34/h1-6,16-18H,7-15,27H2,(H2,29,30,31,32,33). The molecule has 5 heterocycles. The van der Waals surface area contributed by atoms with Crippen molar-refractivity contribution in [2.45, 2.75) is 12.8 Å². The van der Waals surface area contributed by atoms with E-state index in [1.807, 2.05) is 6.20 Å². The van der Waals surface area contributed by atoms with Crippen LogP contribution in [0.2, 0.25) is 0 Å². The van der Waals surface area contributed by atoms with Crippen LogP contribution in [0.4, 0.5) is 23.1 Å². The number of hydrogen-bond acceptors (Lipinski definition) is 9. The number of hydrogen-bond donors (Lipinski definition) is 3. The number of anilines is 4. The lowest BCUT2D eigenvalue weighted by molar-refractivity contribution is 0.122. The molecule has 10 nitrogen and oxygen atoms in total. The molecule has 6 rings (SSSR count). The molecule has 10 heteroatoms. The first-order valence-electron chi connectivity index (χ1n) is 12.6. The van der Waals surface area contributed by atoms with Crippen molar-refractivity contribution in [2.24, 2.45) is 11.7 Å². The summed E-state index contributed by atoms with van der Waals surface area (Å²) in [6.07, 6.45) is 5.75. The van der Waals surface area contributed by atoms with Crippen molar-refractivity contribution in [3.8, 4) is 11.3 Å². The third-order valence-electron chi connectivity index (χ3n) is 7.07. The molecule has 2 aliphatic rings. The minimum absolute atomic E-state index is 0.508. The molecule has 2 fully saturated rings. The SMILES string of the molecule is NCC1CCN(c2ccc(-c3nc(Nc4ccc(N5CCOCC5)cc4)nc4[nH]cnc34)cn2)CC1. The fraction of sp³-hybridized carbons (Fsp3) is 0.385. The Morgan fingerprint density at radius 2 is 1.75 bits per heavy atom. The predicted octanol–water partition coefficient (Wildman–Crippen LogP) is 3.17. The van der Waals surface area contributed by atoms with Crippen molar-refractivity contribution in [1.82, 2.24) is 24.9 Å². The van der Waals surface area contributed by atoms with Crippen molar-refractivity contribution in [1.29, 1.82) is 0 Å². The Labute approximate surface area is 209 Å². The van der Waals surface area contributed by atoms with E-state index >= 15 is 0 Å². The van der Waals surface area contributed by atoms with Crippen LogP contribution < -0.4 is 20.9 Å². The normalized spacial score (nSPS) is 17.0. The van der Waals surface area contributed by atoms with Gasteiger partial charge < -0.3 is 30.6 Å². The second-order valence-electron chi connectivity index (χ2n) is 9.34. The first-order valence-corrected chi connectivity index (χ1v) is 12.6.